The first-order chi connectivity index (χ1) is 7.79. The van der Waals surface area contributed by atoms with Crippen LogP contribution in [0.4, 0.5) is 0 Å². The molecule has 0 fully saturated rings. The van der Waals surface area contributed by atoms with Crippen LogP contribution in [0.1, 0.15) is 37.7 Å². The summed E-state index contributed by atoms with van der Waals surface area (Å²) in [6.07, 6.45) is 8.42. The summed E-state index contributed by atoms with van der Waals surface area (Å²) in [6.45, 7) is 0. The first-order valence-corrected chi connectivity index (χ1v) is 5.72. The van der Waals surface area contributed by atoms with E-state index in [4.69, 9.17) is 5.11 Å². The Morgan fingerprint density at radius 2 is 1.88 bits per heavy atom. The fourth-order valence-electron chi connectivity index (χ4n) is 1.50. The van der Waals surface area contributed by atoms with Crippen molar-refractivity contribution < 1.29 is 9.90 Å². The summed E-state index contributed by atoms with van der Waals surface area (Å²) in [7, 11) is 0. The maximum Gasteiger partial charge on any atom is 0.303 e. The number of carbonyl (C=O) groups is 1. The van der Waals surface area contributed by atoms with E-state index in [1.807, 2.05) is 18.2 Å². The minimum Gasteiger partial charge on any atom is -0.481 e. The molecule has 0 aliphatic rings. The van der Waals surface area contributed by atoms with Gasteiger partial charge in [0.15, 0.2) is 0 Å². The third kappa shape index (κ3) is 6.02. The minimum atomic E-state index is -0.695. The molecule has 16 heavy (non-hydrogen) atoms. The van der Waals surface area contributed by atoms with Crippen LogP contribution in [0.3, 0.4) is 0 Å². The number of carboxylic acid groups (broad SMARTS) is 1. The molecule has 1 N–H and O–H groups in total. The molecule has 0 bridgehead atoms. The van der Waals surface area contributed by atoms with Crippen LogP contribution in [-0.4, -0.2) is 11.1 Å². The van der Waals surface area contributed by atoms with E-state index < -0.39 is 5.97 Å². The molecular formula is C14H18O2. The van der Waals surface area contributed by atoms with Gasteiger partial charge in [0.1, 0.15) is 0 Å². The lowest BCUT2D eigenvalue weighted by molar-refractivity contribution is -0.137. The summed E-state index contributed by atoms with van der Waals surface area (Å²) in [6, 6.07) is 10.2. The molecule has 2 heteroatoms. The van der Waals surface area contributed by atoms with Crippen molar-refractivity contribution in [1.29, 1.82) is 0 Å². The summed E-state index contributed by atoms with van der Waals surface area (Å²) in [5.41, 5.74) is 1.22. The lowest BCUT2D eigenvalue weighted by Crippen LogP contribution is -1.93. The predicted molar refractivity (Wildman–Crippen MR) is 66.2 cm³/mol. The Morgan fingerprint density at radius 1 is 1.12 bits per heavy atom. The second kappa shape index (κ2) is 7.69. The molecule has 0 saturated carbocycles. The molecule has 0 saturated heterocycles. The van der Waals surface area contributed by atoms with E-state index in [1.165, 1.54) is 5.56 Å². The number of aliphatic carboxylic acids is 1. The second-order valence-corrected chi connectivity index (χ2v) is 3.81. The quantitative estimate of drug-likeness (QED) is 0.708. The van der Waals surface area contributed by atoms with Gasteiger partial charge in [0.05, 0.1) is 0 Å². The third-order valence-corrected chi connectivity index (χ3v) is 2.37. The van der Waals surface area contributed by atoms with Crippen LogP contribution in [0.2, 0.25) is 0 Å². The molecule has 0 heterocycles. The smallest absolute Gasteiger partial charge is 0.303 e. The Kier molecular flexibility index (Phi) is 6.00. The highest BCUT2D eigenvalue weighted by molar-refractivity contribution is 5.66. The third-order valence-electron chi connectivity index (χ3n) is 2.37. The van der Waals surface area contributed by atoms with Gasteiger partial charge >= 0.3 is 5.97 Å². The van der Waals surface area contributed by atoms with Crippen LogP contribution in [0.15, 0.2) is 36.4 Å². The standard InChI is InChI=1S/C14H18O2/c15-14(16)12-8-3-1-2-5-9-13-10-6-4-7-11-13/h4-7,9-11H,1-3,8,12H2,(H,15,16)/b9-5+. The largest absolute Gasteiger partial charge is 0.481 e. The van der Waals surface area contributed by atoms with Gasteiger partial charge in [-0.3, -0.25) is 4.79 Å². The lowest BCUT2D eigenvalue weighted by Gasteiger charge is -1.95. The number of rotatable bonds is 7. The molecule has 0 amide bonds. The SMILES string of the molecule is O=C(O)CCCCC/C=C/c1ccccc1. The van der Waals surface area contributed by atoms with Crippen LogP contribution >= 0.6 is 0 Å². The highest BCUT2D eigenvalue weighted by atomic mass is 16.4. The van der Waals surface area contributed by atoms with Crippen LogP contribution in [0, 0.1) is 0 Å². The molecule has 0 spiro atoms. The zero-order chi connectivity index (χ0) is 11.6. The van der Waals surface area contributed by atoms with Gasteiger partial charge in [-0.1, -0.05) is 48.9 Å². The normalized spacial score (nSPS) is 10.8. The van der Waals surface area contributed by atoms with Gasteiger partial charge in [-0.25, -0.2) is 0 Å². The Hall–Kier alpha value is -1.57. The number of unbranched alkanes of at least 4 members (excludes halogenated alkanes) is 3. The summed E-state index contributed by atoms with van der Waals surface area (Å²) < 4.78 is 0. The van der Waals surface area contributed by atoms with Gasteiger partial charge in [-0.05, 0) is 24.8 Å². The average Bonchev–Trinajstić information content (AvgIpc) is 2.29. The fraction of sp³-hybridized carbons (Fsp3) is 0.357. The maximum atomic E-state index is 10.3. The van der Waals surface area contributed by atoms with Gasteiger partial charge in [0, 0.05) is 6.42 Å². The van der Waals surface area contributed by atoms with E-state index in [1.54, 1.807) is 0 Å². The second-order valence-electron chi connectivity index (χ2n) is 3.81. The van der Waals surface area contributed by atoms with E-state index >= 15 is 0 Å². The monoisotopic (exact) mass is 218 g/mol. The highest BCUT2D eigenvalue weighted by Gasteiger charge is 1.94. The van der Waals surface area contributed by atoms with Crippen molar-refractivity contribution in [2.45, 2.75) is 32.1 Å². The Bertz CT molecular complexity index is 328. The van der Waals surface area contributed by atoms with Crippen LogP contribution in [-0.2, 0) is 4.79 Å². The molecule has 1 aromatic carbocycles. The Morgan fingerprint density at radius 3 is 2.56 bits per heavy atom. The molecule has 0 aliphatic heterocycles. The van der Waals surface area contributed by atoms with E-state index in [2.05, 4.69) is 24.3 Å². The first-order valence-electron chi connectivity index (χ1n) is 5.72. The first kappa shape index (κ1) is 12.5. The van der Waals surface area contributed by atoms with E-state index in [0.717, 1.165) is 25.7 Å². The highest BCUT2D eigenvalue weighted by Crippen LogP contribution is 2.06. The van der Waals surface area contributed by atoms with Gasteiger partial charge in [-0.15, -0.1) is 0 Å². The molecule has 86 valence electrons. The number of benzene rings is 1. The zero-order valence-corrected chi connectivity index (χ0v) is 9.43. The summed E-state index contributed by atoms with van der Waals surface area (Å²) in [5, 5.41) is 8.45. The van der Waals surface area contributed by atoms with Crippen LogP contribution < -0.4 is 0 Å². The van der Waals surface area contributed by atoms with Crippen molar-refractivity contribution in [2.75, 3.05) is 0 Å². The predicted octanol–water partition coefficient (Wildman–Crippen LogP) is 3.73. The molecule has 0 radical (unpaired) electrons. The summed E-state index contributed by atoms with van der Waals surface area (Å²) in [5.74, 6) is -0.695. The molecule has 0 unspecified atom stereocenters. The molecule has 0 aromatic heterocycles. The van der Waals surface area contributed by atoms with Crippen molar-refractivity contribution >= 4 is 12.0 Å². The Labute approximate surface area is 96.6 Å². The molecule has 0 atom stereocenters. The van der Waals surface area contributed by atoms with E-state index in [9.17, 15) is 4.79 Å². The molecule has 0 aliphatic carbocycles. The van der Waals surface area contributed by atoms with Crippen molar-refractivity contribution in [3.8, 4) is 0 Å². The summed E-state index contributed by atoms with van der Waals surface area (Å²) in [4.78, 5) is 10.3. The molecule has 1 rings (SSSR count). The lowest BCUT2D eigenvalue weighted by atomic mass is 10.1. The van der Waals surface area contributed by atoms with Crippen molar-refractivity contribution in [2.24, 2.45) is 0 Å². The average molecular weight is 218 g/mol. The van der Waals surface area contributed by atoms with Crippen LogP contribution in [0.25, 0.3) is 6.08 Å². The van der Waals surface area contributed by atoms with E-state index in [-0.39, 0.29) is 0 Å². The topological polar surface area (TPSA) is 37.3 Å². The number of allylic oxidation sites excluding steroid dienone is 1. The maximum absolute atomic E-state index is 10.3. The van der Waals surface area contributed by atoms with Crippen molar-refractivity contribution in [3.63, 3.8) is 0 Å². The van der Waals surface area contributed by atoms with Gasteiger partial charge in [0.25, 0.3) is 0 Å². The molecule has 1 aromatic rings. The number of hydrogen-bond acceptors (Lipinski definition) is 1. The van der Waals surface area contributed by atoms with Crippen molar-refractivity contribution in [1.82, 2.24) is 0 Å². The Balaban J connectivity index is 2.07. The fourth-order valence-corrected chi connectivity index (χ4v) is 1.50. The number of carboxylic acids is 1. The van der Waals surface area contributed by atoms with Crippen LogP contribution in [0.5, 0.6) is 0 Å². The van der Waals surface area contributed by atoms with Gasteiger partial charge < -0.3 is 5.11 Å². The number of hydrogen-bond donors (Lipinski definition) is 1. The minimum absolute atomic E-state index is 0.294. The summed E-state index contributed by atoms with van der Waals surface area (Å²) >= 11 is 0. The van der Waals surface area contributed by atoms with Gasteiger partial charge in [-0.2, -0.15) is 0 Å². The molecular weight excluding hydrogens is 200 g/mol. The zero-order valence-electron chi connectivity index (χ0n) is 9.43. The van der Waals surface area contributed by atoms with E-state index in [0.29, 0.717) is 6.42 Å². The van der Waals surface area contributed by atoms with Gasteiger partial charge in [0.2, 0.25) is 0 Å². The molecule has 2 nitrogen and oxygen atoms in total. The van der Waals surface area contributed by atoms with Crippen molar-refractivity contribution in [3.05, 3.63) is 42.0 Å².